The van der Waals surface area contributed by atoms with Crippen molar-refractivity contribution in [2.75, 3.05) is 50.2 Å². The molecule has 2 aromatic carbocycles. The highest BCUT2D eigenvalue weighted by atomic mass is 35.5. The first kappa shape index (κ1) is 30.3. The summed E-state index contributed by atoms with van der Waals surface area (Å²) < 4.78 is 50.9. The van der Waals surface area contributed by atoms with Crippen LogP contribution in [0, 0.1) is 18.2 Å². The van der Waals surface area contributed by atoms with E-state index < -0.39 is 11.6 Å². The SMILES string of the molecule is [C-]#[N+]c1c(N)sc2c(F)ccc(-c3c(Cl)c4c5c(nc(OC[C@@]67CCCN6CC(=C)C7)nc5c3F)N(C3CCOC3)[C@H](C=C)CO4)c12. The minimum Gasteiger partial charge on any atom is -0.489 e. The molecule has 9 nitrogen and oxygen atoms in total. The van der Waals surface area contributed by atoms with Gasteiger partial charge in [-0.05, 0) is 43.9 Å². The van der Waals surface area contributed by atoms with Gasteiger partial charge in [0.25, 0.3) is 0 Å². The quantitative estimate of drug-likeness (QED) is 0.168. The number of hydrogen-bond donors (Lipinski definition) is 1. The standard InChI is InChI=1S/C34H31ClF2N6O3S/c1-4-18-15-45-29-24-27(26(37)22(25(29)35)20-6-7-21(36)30-23(20)28(39-3)31(38)47-30)40-33(41-32(24)43(18)19-8-11-44-14-19)46-16-34-9-5-10-42(34)13-17(2)12-34/h4,6-7,18-19H,1-2,5,8-16,38H2/t18-,19?,34+/m1/s1. The maximum absolute atomic E-state index is 17.2. The summed E-state index contributed by atoms with van der Waals surface area (Å²) in [7, 11) is 0. The van der Waals surface area contributed by atoms with Gasteiger partial charge in [0, 0.05) is 24.1 Å². The largest absolute Gasteiger partial charge is 0.489 e. The number of nitrogen functional groups attached to an aromatic ring is 1. The van der Waals surface area contributed by atoms with Crippen LogP contribution in [0.4, 0.5) is 25.3 Å². The van der Waals surface area contributed by atoms with E-state index in [-0.39, 0.29) is 78.4 Å². The number of benzene rings is 2. The third-order valence-electron chi connectivity index (χ3n) is 9.89. The zero-order valence-electron chi connectivity index (χ0n) is 25.5. The van der Waals surface area contributed by atoms with E-state index in [1.807, 2.05) is 4.90 Å². The molecule has 0 saturated carbocycles. The average molecular weight is 677 g/mol. The average Bonchev–Trinajstić information content (AvgIpc) is 3.82. The molecule has 4 aliphatic heterocycles. The second kappa shape index (κ2) is 11.3. The summed E-state index contributed by atoms with van der Waals surface area (Å²) in [6, 6.07) is 2.20. The number of anilines is 2. The third kappa shape index (κ3) is 4.58. The molecule has 13 heteroatoms. The van der Waals surface area contributed by atoms with Crippen molar-refractivity contribution in [2.45, 2.75) is 43.3 Å². The van der Waals surface area contributed by atoms with Crippen molar-refractivity contribution in [2.24, 2.45) is 0 Å². The van der Waals surface area contributed by atoms with E-state index in [4.69, 9.17) is 43.1 Å². The summed E-state index contributed by atoms with van der Waals surface area (Å²) in [5.41, 5.74) is 7.19. The molecule has 0 amide bonds. The van der Waals surface area contributed by atoms with Gasteiger partial charge in [-0.1, -0.05) is 35.9 Å². The molecule has 0 spiro atoms. The van der Waals surface area contributed by atoms with Crippen LogP contribution in [0.25, 0.3) is 37.0 Å². The first-order valence-corrected chi connectivity index (χ1v) is 16.7. The molecule has 8 rings (SSSR count). The molecule has 1 unspecified atom stereocenters. The fraction of sp³-hybridized carbons (Fsp3) is 0.382. The Hall–Kier alpha value is -4.02. The molecule has 4 aromatic rings. The number of nitrogens with zero attached hydrogens (tertiary/aromatic N) is 5. The van der Waals surface area contributed by atoms with Gasteiger partial charge in [0.1, 0.15) is 30.4 Å². The summed E-state index contributed by atoms with van der Waals surface area (Å²) in [6.45, 7) is 19.3. The summed E-state index contributed by atoms with van der Waals surface area (Å²) in [4.78, 5) is 17.6. The van der Waals surface area contributed by atoms with Crippen LogP contribution < -0.4 is 20.1 Å². The Morgan fingerprint density at radius 1 is 1.28 bits per heavy atom. The first-order chi connectivity index (χ1) is 22.7. The van der Waals surface area contributed by atoms with Crippen LogP contribution in [0.5, 0.6) is 11.8 Å². The highest BCUT2D eigenvalue weighted by Gasteiger charge is 2.47. The van der Waals surface area contributed by atoms with Gasteiger partial charge in [-0.3, -0.25) is 4.90 Å². The van der Waals surface area contributed by atoms with Crippen LogP contribution in [0.15, 0.2) is 36.9 Å². The third-order valence-corrected chi connectivity index (χ3v) is 11.3. The van der Waals surface area contributed by atoms with Crippen LogP contribution >= 0.6 is 22.9 Å². The summed E-state index contributed by atoms with van der Waals surface area (Å²) in [5, 5.41) is 0.569. The van der Waals surface area contributed by atoms with Gasteiger partial charge in [0.05, 0.1) is 50.9 Å². The van der Waals surface area contributed by atoms with Gasteiger partial charge in [-0.25, -0.2) is 13.6 Å². The van der Waals surface area contributed by atoms with Gasteiger partial charge in [0.2, 0.25) is 5.69 Å². The van der Waals surface area contributed by atoms with Gasteiger partial charge >= 0.3 is 6.01 Å². The van der Waals surface area contributed by atoms with E-state index in [2.05, 4.69) is 27.9 Å². The van der Waals surface area contributed by atoms with Crippen molar-refractivity contribution in [3.8, 4) is 22.9 Å². The number of thiophene rings is 1. The highest BCUT2D eigenvalue weighted by Crippen LogP contribution is 2.53. The lowest BCUT2D eigenvalue weighted by Gasteiger charge is -2.34. The summed E-state index contributed by atoms with van der Waals surface area (Å²) in [6.07, 6.45) is 5.32. The van der Waals surface area contributed by atoms with Crippen molar-refractivity contribution in [1.29, 1.82) is 0 Å². The van der Waals surface area contributed by atoms with Gasteiger partial charge in [-0.2, -0.15) is 9.97 Å². The van der Waals surface area contributed by atoms with Crippen molar-refractivity contribution in [1.82, 2.24) is 14.9 Å². The van der Waals surface area contributed by atoms with Gasteiger partial charge < -0.3 is 24.8 Å². The van der Waals surface area contributed by atoms with Crippen molar-refractivity contribution in [3.05, 3.63) is 65.0 Å². The summed E-state index contributed by atoms with van der Waals surface area (Å²) in [5.74, 6) is -0.743. The molecule has 3 fully saturated rings. The molecular weight excluding hydrogens is 646 g/mol. The van der Waals surface area contributed by atoms with Gasteiger partial charge in [-0.15, -0.1) is 17.9 Å². The lowest BCUT2D eigenvalue weighted by molar-refractivity contribution is 0.108. The number of ether oxygens (including phenoxy) is 3. The fourth-order valence-corrected chi connectivity index (χ4v) is 9.04. The van der Waals surface area contributed by atoms with E-state index in [0.717, 1.165) is 55.7 Å². The minimum absolute atomic E-state index is 0.0175. The highest BCUT2D eigenvalue weighted by molar-refractivity contribution is 7.23. The first-order valence-electron chi connectivity index (χ1n) is 15.5. The molecule has 2 N–H and O–H groups in total. The molecular formula is C34H31ClF2N6O3S. The number of hydrogen-bond acceptors (Lipinski definition) is 9. The summed E-state index contributed by atoms with van der Waals surface area (Å²) >= 11 is 8.01. The monoisotopic (exact) mass is 676 g/mol. The van der Waals surface area contributed by atoms with Crippen LogP contribution in [-0.2, 0) is 4.74 Å². The Morgan fingerprint density at radius 2 is 2.13 bits per heavy atom. The second-order valence-corrected chi connectivity index (χ2v) is 14.0. The predicted molar refractivity (Wildman–Crippen MR) is 180 cm³/mol. The van der Waals surface area contributed by atoms with Crippen LogP contribution in [0.2, 0.25) is 5.02 Å². The molecule has 47 heavy (non-hydrogen) atoms. The van der Waals surface area contributed by atoms with Crippen molar-refractivity contribution >= 4 is 60.4 Å². The fourth-order valence-electron chi connectivity index (χ4n) is 7.77. The topological polar surface area (TPSA) is 90.3 Å². The number of halogens is 3. The molecule has 3 atom stereocenters. The molecule has 4 aliphatic rings. The van der Waals surface area contributed by atoms with Gasteiger partial charge in [0.15, 0.2) is 11.6 Å². The van der Waals surface area contributed by atoms with E-state index in [9.17, 15) is 0 Å². The van der Waals surface area contributed by atoms with Crippen LogP contribution in [0.1, 0.15) is 25.7 Å². The zero-order chi connectivity index (χ0) is 32.6. The number of fused-ring (bicyclic) bond motifs is 2. The molecule has 0 radical (unpaired) electrons. The Morgan fingerprint density at radius 3 is 2.89 bits per heavy atom. The van der Waals surface area contributed by atoms with E-state index >= 15 is 8.78 Å². The maximum atomic E-state index is 17.2. The minimum atomic E-state index is -0.769. The Bertz CT molecular complexity index is 2040. The van der Waals surface area contributed by atoms with E-state index in [1.54, 1.807) is 6.08 Å². The Balaban J connectivity index is 1.37. The van der Waals surface area contributed by atoms with E-state index in [0.29, 0.717) is 31.0 Å². The number of nitrogens with two attached hydrogens (primary N) is 1. The Kier molecular flexibility index (Phi) is 7.29. The van der Waals surface area contributed by atoms with E-state index in [1.165, 1.54) is 12.1 Å². The van der Waals surface area contributed by atoms with Crippen molar-refractivity contribution < 1.29 is 23.0 Å². The molecule has 2 aromatic heterocycles. The van der Waals surface area contributed by atoms with Crippen molar-refractivity contribution in [3.63, 3.8) is 0 Å². The van der Waals surface area contributed by atoms with Crippen LogP contribution in [-0.4, -0.2) is 72.0 Å². The maximum Gasteiger partial charge on any atom is 0.319 e. The smallest absolute Gasteiger partial charge is 0.319 e. The molecule has 242 valence electrons. The Labute approximate surface area is 279 Å². The second-order valence-electron chi connectivity index (χ2n) is 12.6. The molecule has 6 heterocycles. The molecule has 0 bridgehead atoms. The lowest BCUT2D eigenvalue weighted by Crippen LogP contribution is -2.46. The zero-order valence-corrected chi connectivity index (χ0v) is 27.0. The predicted octanol–water partition coefficient (Wildman–Crippen LogP) is 7.29. The number of rotatable bonds is 6. The number of aromatic nitrogens is 2. The molecule has 3 saturated heterocycles. The molecule has 0 aliphatic carbocycles. The lowest BCUT2D eigenvalue weighted by atomic mass is 9.94. The van der Waals surface area contributed by atoms with Crippen LogP contribution in [0.3, 0.4) is 0 Å². The normalized spacial score (nSPS) is 24.0.